The number of amides is 1. The van der Waals surface area contributed by atoms with E-state index < -0.39 is 11.7 Å². The normalized spacial score (nSPS) is 12.5. The maximum absolute atomic E-state index is 12.0. The molecule has 0 saturated heterocycles. The van der Waals surface area contributed by atoms with E-state index >= 15 is 0 Å². The summed E-state index contributed by atoms with van der Waals surface area (Å²) in [6.45, 7) is 7.66. The maximum Gasteiger partial charge on any atom is 0.408 e. The van der Waals surface area contributed by atoms with E-state index in [1.165, 1.54) is 6.21 Å². The monoisotopic (exact) mass is 305 g/mol. The first-order chi connectivity index (χ1) is 10.4. The maximum atomic E-state index is 12.0. The van der Waals surface area contributed by atoms with Crippen molar-refractivity contribution in [2.45, 2.75) is 65.0 Å². The van der Waals surface area contributed by atoms with Gasteiger partial charge in [0.25, 0.3) is 0 Å². The van der Waals surface area contributed by atoms with Gasteiger partial charge in [0, 0.05) is 6.21 Å². The molecule has 0 aliphatic carbocycles. The smallest absolute Gasteiger partial charge is 0.408 e. The fourth-order valence-electron chi connectivity index (χ4n) is 2.09. The van der Waals surface area contributed by atoms with Gasteiger partial charge in [0.15, 0.2) is 0 Å². The van der Waals surface area contributed by atoms with Crippen molar-refractivity contribution in [1.29, 1.82) is 5.41 Å². The van der Waals surface area contributed by atoms with Crippen molar-refractivity contribution in [2.24, 2.45) is 0 Å². The highest BCUT2D eigenvalue weighted by molar-refractivity contribution is 5.74. The number of hydrogen-bond donors (Lipinski definition) is 2. The molecule has 1 heterocycles. The highest BCUT2D eigenvalue weighted by Gasteiger charge is 2.21. The SMILES string of the molecule is CCCCCC(NC(=O)OC(C)(C)C)c1cccc(C=N)n1. The number of hydrogen-bond acceptors (Lipinski definition) is 4. The lowest BCUT2D eigenvalue weighted by molar-refractivity contribution is 0.0499. The summed E-state index contributed by atoms with van der Waals surface area (Å²) >= 11 is 0. The lowest BCUT2D eigenvalue weighted by atomic mass is 10.0. The standard InChI is InChI=1S/C17H27N3O2/c1-5-6-7-10-15(20-16(21)22-17(2,3)4)14-11-8-9-13(12-18)19-14/h8-9,11-12,15,18H,5-7,10H2,1-4H3,(H,20,21). The number of aromatic nitrogens is 1. The summed E-state index contributed by atoms with van der Waals surface area (Å²) in [5.41, 5.74) is 0.828. The quantitative estimate of drug-likeness (QED) is 0.585. The summed E-state index contributed by atoms with van der Waals surface area (Å²) in [6, 6.07) is 5.31. The van der Waals surface area contributed by atoms with Crippen LogP contribution in [0.25, 0.3) is 0 Å². The van der Waals surface area contributed by atoms with Crippen LogP contribution in [0.5, 0.6) is 0 Å². The van der Waals surface area contributed by atoms with Crippen LogP contribution < -0.4 is 5.32 Å². The van der Waals surface area contributed by atoms with Gasteiger partial charge >= 0.3 is 6.09 Å². The molecule has 1 amide bonds. The van der Waals surface area contributed by atoms with Crippen molar-refractivity contribution in [2.75, 3.05) is 0 Å². The van der Waals surface area contributed by atoms with Crippen LogP contribution in [0.3, 0.4) is 0 Å². The molecule has 122 valence electrons. The molecule has 0 bridgehead atoms. The number of pyridine rings is 1. The van der Waals surface area contributed by atoms with E-state index in [0.29, 0.717) is 5.69 Å². The van der Waals surface area contributed by atoms with Crippen molar-refractivity contribution >= 4 is 12.3 Å². The second kappa shape index (κ2) is 8.51. The lowest BCUT2D eigenvalue weighted by Crippen LogP contribution is -2.35. The van der Waals surface area contributed by atoms with Gasteiger partial charge in [-0.1, -0.05) is 32.3 Å². The number of nitrogens with zero attached hydrogens (tertiary/aromatic N) is 1. The van der Waals surface area contributed by atoms with E-state index in [4.69, 9.17) is 10.1 Å². The van der Waals surface area contributed by atoms with Crippen LogP contribution in [0.2, 0.25) is 0 Å². The zero-order valence-corrected chi connectivity index (χ0v) is 14.0. The Balaban J connectivity index is 2.82. The number of ether oxygens (including phenoxy) is 1. The minimum Gasteiger partial charge on any atom is -0.444 e. The number of carbonyl (C=O) groups is 1. The summed E-state index contributed by atoms with van der Waals surface area (Å²) in [6.07, 6.45) is 4.81. The average molecular weight is 305 g/mol. The second-order valence-corrected chi connectivity index (χ2v) is 6.33. The Labute approximate surface area is 133 Å². The predicted molar refractivity (Wildman–Crippen MR) is 88.4 cm³/mol. The lowest BCUT2D eigenvalue weighted by Gasteiger charge is -2.23. The third kappa shape index (κ3) is 6.70. The highest BCUT2D eigenvalue weighted by atomic mass is 16.6. The molecule has 1 aromatic heterocycles. The Morgan fingerprint density at radius 2 is 2.14 bits per heavy atom. The van der Waals surface area contributed by atoms with E-state index in [0.717, 1.165) is 31.4 Å². The van der Waals surface area contributed by atoms with Gasteiger partial charge in [0.2, 0.25) is 0 Å². The molecule has 5 heteroatoms. The molecule has 0 aliphatic heterocycles. The van der Waals surface area contributed by atoms with Gasteiger partial charge < -0.3 is 15.5 Å². The topological polar surface area (TPSA) is 75.1 Å². The van der Waals surface area contributed by atoms with Crippen molar-refractivity contribution in [1.82, 2.24) is 10.3 Å². The van der Waals surface area contributed by atoms with E-state index in [1.807, 2.05) is 32.9 Å². The Morgan fingerprint density at radius 3 is 2.73 bits per heavy atom. The van der Waals surface area contributed by atoms with Crippen LogP contribution in [0.15, 0.2) is 18.2 Å². The van der Waals surface area contributed by atoms with Gasteiger partial charge in [0.05, 0.1) is 17.4 Å². The second-order valence-electron chi connectivity index (χ2n) is 6.33. The van der Waals surface area contributed by atoms with Crippen LogP contribution in [0.1, 0.15) is 70.8 Å². The van der Waals surface area contributed by atoms with Gasteiger partial charge in [-0.25, -0.2) is 9.78 Å². The molecule has 0 aliphatic rings. The van der Waals surface area contributed by atoms with E-state index in [-0.39, 0.29) is 6.04 Å². The Kier molecular flexibility index (Phi) is 7.02. The first-order valence-electron chi connectivity index (χ1n) is 7.82. The summed E-state index contributed by atoms with van der Waals surface area (Å²) in [5, 5.41) is 10.2. The zero-order chi connectivity index (χ0) is 16.6. The van der Waals surface area contributed by atoms with Gasteiger partial charge in [-0.3, -0.25) is 0 Å². The van der Waals surface area contributed by atoms with Crippen molar-refractivity contribution in [3.63, 3.8) is 0 Å². The molecule has 2 N–H and O–H groups in total. The molecule has 5 nitrogen and oxygen atoms in total. The van der Waals surface area contributed by atoms with Gasteiger partial charge in [-0.2, -0.15) is 0 Å². The molecule has 1 rings (SSSR count). The van der Waals surface area contributed by atoms with E-state index in [1.54, 1.807) is 6.07 Å². The third-order valence-electron chi connectivity index (χ3n) is 3.08. The highest BCUT2D eigenvalue weighted by Crippen LogP contribution is 2.19. The molecular weight excluding hydrogens is 278 g/mol. The molecule has 1 atom stereocenters. The zero-order valence-electron chi connectivity index (χ0n) is 14.0. The van der Waals surface area contributed by atoms with Crippen LogP contribution in [-0.2, 0) is 4.74 Å². The third-order valence-corrected chi connectivity index (χ3v) is 3.08. The van der Waals surface area contributed by atoms with Crippen LogP contribution in [0.4, 0.5) is 4.79 Å². The van der Waals surface area contributed by atoms with E-state index in [9.17, 15) is 4.79 Å². The number of unbranched alkanes of at least 4 members (excludes halogenated alkanes) is 2. The van der Waals surface area contributed by atoms with Crippen LogP contribution in [-0.4, -0.2) is 22.9 Å². The number of alkyl carbamates (subject to hydrolysis) is 1. The Hall–Kier alpha value is -1.91. The molecule has 0 aromatic carbocycles. The molecule has 1 unspecified atom stereocenters. The molecule has 0 radical (unpaired) electrons. The van der Waals surface area contributed by atoms with Crippen LogP contribution in [0, 0.1) is 5.41 Å². The van der Waals surface area contributed by atoms with Crippen molar-refractivity contribution in [3.05, 3.63) is 29.6 Å². The van der Waals surface area contributed by atoms with Gasteiger partial charge in [-0.05, 0) is 39.3 Å². The number of nitrogens with one attached hydrogen (secondary N) is 2. The minimum absolute atomic E-state index is 0.193. The summed E-state index contributed by atoms with van der Waals surface area (Å²) in [4.78, 5) is 16.4. The van der Waals surface area contributed by atoms with Gasteiger partial charge in [-0.15, -0.1) is 0 Å². The Bertz CT molecular complexity index is 495. The van der Waals surface area contributed by atoms with Crippen molar-refractivity contribution in [3.8, 4) is 0 Å². The molecule has 22 heavy (non-hydrogen) atoms. The van der Waals surface area contributed by atoms with Crippen molar-refractivity contribution < 1.29 is 9.53 Å². The number of carbonyl (C=O) groups excluding carboxylic acids is 1. The summed E-state index contributed by atoms with van der Waals surface area (Å²) in [5.74, 6) is 0. The van der Waals surface area contributed by atoms with E-state index in [2.05, 4.69) is 17.2 Å². The minimum atomic E-state index is -0.526. The molecular formula is C17H27N3O2. The first-order valence-corrected chi connectivity index (χ1v) is 7.82. The largest absolute Gasteiger partial charge is 0.444 e. The fraction of sp³-hybridized carbons (Fsp3) is 0.588. The van der Waals surface area contributed by atoms with Gasteiger partial charge in [0.1, 0.15) is 5.60 Å². The fourth-order valence-corrected chi connectivity index (χ4v) is 2.09. The number of rotatable bonds is 7. The van der Waals surface area contributed by atoms with Crippen LogP contribution >= 0.6 is 0 Å². The summed E-state index contributed by atoms with van der Waals surface area (Å²) in [7, 11) is 0. The molecule has 0 saturated carbocycles. The average Bonchev–Trinajstić information content (AvgIpc) is 2.44. The Morgan fingerprint density at radius 1 is 1.41 bits per heavy atom. The summed E-state index contributed by atoms with van der Waals surface area (Å²) < 4.78 is 5.33. The predicted octanol–water partition coefficient (Wildman–Crippen LogP) is 4.23. The molecule has 1 aromatic rings. The molecule has 0 spiro atoms. The molecule has 0 fully saturated rings. The first kappa shape index (κ1) is 18.1.